The Balaban J connectivity index is 1.73. The van der Waals surface area contributed by atoms with Gasteiger partial charge in [-0.15, -0.1) is 0 Å². The molecule has 0 amide bonds. The number of benzene rings is 1. The fourth-order valence-electron chi connectivity index (χ4n) is 4.07. The van der Waals surface area contributed by atoms with E-state index >= 15 is 4.39 Å². The molecule has 9 heteroatoms. The zero-order valence-electron chi connectivity index (χ0n) is 23.9. The van der Waals surface area contributed by atoms with Gasteiger partial charge in [0.25, 0.3) is 0 Å². The van der Waals surface area contributed by atoms with E-state index in [0.717, 1.165) is 17.3 Å². The van der Waals surface area contributed by atoms with Crippen LogP contribution in [0.25, 0.3) is 22.4 Å². The van der Waals surface area contributed by atoms with E-state index < -0.39 is 41.7 Å². The number of pyridine rings is 1. The summed E-state index contributed by atoms with van der Waals surface area (Å²) >= 11 is 5.76. The van der Waals surface area contributed by atoms with Crippen LogP contribution in [0.5, 0.6) is 0 Å². The van der Waals surface area contributed by atoms with Gasteiger partial charge in [0.1, 0.15) is 17.0 Å². The first-order chi connectivity index (χ1) is 18.7. The summed E-state index contributed by atoms with van der Waals surface area (Å²) in [5.41, 5.74) is -0.959. The summed E-state index contributed by atoms with van der Waals surface area (Å²) in [7, 11) is 0. The van der Waals surface area contributed by atoms with E-state index in [-0.39, 0.29) is 40.3 Å². The smallest absolute Gasteiger partial charge is 0.182 e. The summed E-state index contributed by atoms with van der Waals surface area (Å²) in [5.74, 6) is -2.80. The molecular weight excluding hydrogens is 460 g/mol. The van der Waals surface area contributed by atoms with E-state index in [4.69, 9.17) is 24.6 Å². The number of hydrogen-bond donors (Lipinski definition) is 0. The fraction of sp³-hybridized carbons (Fsp3) is 0.320. The van der Waals surface area contributed by atoms with Gasteiger partial charge in [0.05, 0.1) is 22.5 Å². The molecule has 0 N–H and O–H groups in total. The van der Waals surface area contributed by atoms with Crippen LogP contribution in [0.4, 0.5) is 8.78 Å². The first kappa shape index (κ1) is 16.5. The highest BCUT2D eigenvalue weighted by Gasteiger charge is 2.29. The average molecular weight is 488 g/mol. The molecule has 0 radical (unpaired) electrons. The topological polar surface area (TPSA) is 73.7 Å². The van der Waals surface area contributed by atoms with Crippen molar-refractivity contribution in [1.82, 2.24) is 24.9 Å². The Hall–Kier alpha value is -3.10. The molecule has 6 nitrogen and oxygen atoms in total. The molecular formula is C25H22ClF2N5O. The van der Waals surface area contributed by atoms with Gasteiger partial charge < -0.3 is 4.74 Å². The van der Waals surface area contributed by atoms with E-state index in [1.54, 1.807) is 6.20 Å². The van der Waals surface area contributed by atoms with Gasteiger partial charge in [0.15, 0.2) is 17.3 Å². The van der Waals surface area contributed by atoms with E-state index in [2.05, 4.69) is 24.9 Å². The maximum atomic E-state index is 15.2. The highest BCUT2D eigenvalue weighted by Crippen LogP contribution is 2.38. The third kappa shape index (κ3) is 4.12. The largest absolute Gasteiger partial charge is 0.373 e. The standard InChI is InChI=1S/C25H22ClF2N5O/c1-12-10-15(6-8-29-12)19-11-16(7-9-34-19)24-32-22(17-4-5-18(26)21(28)20(17)27)23-25(33-24)31-14(3)13(2)30-23/h4-6,8,10,16,19H,7,9,11H2,1-3H3/t16-,19+/m1/s1/i2D3,3D3. The minimum atomic E-state index is -2.97. The van der Waals surface area contributed by atoms with Crippen LogP contribution < -0.4 is 0 Å². The Kier molecular flexibility index (Phi) is 4.33. The molecule has 0 saturated carbocycles. The van der Waals surface area contributed by atoms with Crippen molar-refractivity contribution < 1.29 is 21.7 Å². The summed E-state index contributed by atoms with van der Waals surface area (Å²) in [6.45, 7) is -3.70. The lowest BCUT2D eigenvalue weighted by Crippen LogP contribution is -2.21. The molecule has 5 rings (SSSR count). The summed E-state index contributed by atoms with van der Waals surface area (Å²) < 4.78 is 82.7. The average Bonchev–Trinajstić information content (AvgIpc) is 2.90. The Morgan fingerprint density at radius 1 is 1.06 bits per heavy atom. The van der Waals surface area contributed by atoms with Gasteiger partial charge in [0.2, 0.25) is 0 Å². The molecule has 1 aliphatic rings. The highest BCUT2D eigenvalue weighted by molar-refractivity contribution is 6.30. The fourth-order valence-corrected chi connectivity index (χ4v) is 4.22. The molecule has 174 valence electrons. The zero-order valence-corrected chi connectivity index (χ0v) is 18.7. The van der Waals surface area contributed by atoms with Gasteiger partial charge in [-0.05, 0) is 63.3 Å². The lowest BCUT2D eigenvalue weighted by Gasteiger charge is -2.29. The molecule has 0 spiro atoms. The molecule has 1 aromatic carbocycles. The maximum absolute atomic E-state index is 15.2. The lowest BCUT2D eigenvalue weighted by atomic mass is 9.91. The molecule has 0 unspecified atom stereocenters. The molecule has 1 saturated heterocycles. The summed E-state index contributed by atoms with van der Waals surface area (Å²) in [6, 6.07) is 6.06. The molecule has 34 heavy (non-hydrogen) atoms. The first-order valence-electron chi connectivity index (χ1n) is 13.5. The van der Waals surface area contributed by atoms with Crippen molar-refractivity contribution in [3.05, 3.63) is 75.6 Å². The summed E-state index contributed by atoms with van der Waals surface area (Å²) in [6.07, 6.45) is 2.26. The molecule has 1 aliphatic heterocycles. The van der Waals surface area contributed by atoms with Crippen LogP contribution in [-0.2, 0) is 4.74 Å². The van der Waals surface area contributed by atoms with Crippen molar-refractivity contribution in [2.45, 2.75) is 45.5 Å². The summed E-state index contributed by atoms with van der Waals surface area (Å²) in [5, 5.41) is -0.460. The second-order valence-corrected chi connectivity index (χ2v) is 8.46. The van der Waals surface area contributed by atoms with Crippen molar-refractivity contribution in [3.63, 3.8) is 0 Å². The second kappa shape index (κ2) is 8.92. The second-order valence-electron chi connectivity index (χ2n) is 8.06. The quantitative estimate of drug-likeness (QED) is 0.331. The van der Waals surface area contributed by atoms with Crippen molar-refractivity contribution in [2.24, 2.45) is 0 Å². The number of halogens is 3. The molecule has 4 aromatic rings. The molecule has 4 heterocycles. The minimum absolute atomic E-state index is 0.184. The molecule has 2 atom stereocenters. The van der Waals surface area contributed by atoms with Crippen LogP contribution >= 0.6 is 11.6 Å². The van der Waals surface area contributed by atoms with E-state index in [0.29, 0.717) is 19.4 Å². The van der Waals surface area contributed by atoms with E-state index in [1.807, 2.05) is 19.1 Å². The number of fused-ring (bicyclic) bond motifs is 1. The zero-order chi connectivity index (χ0) is 29.0. The van der Waals surface area contributed by atoms with Gasteiger partial charge in [-0.2, -0.15) is 0 Å². The SMILES string of the molecule is [2H]C([2H])([2H])c1nc2nc([C@@H]3CCO[C@H](c4ccnc(C)c4)C3)nc(-c3ccc(Cl)c(F)c3F)c2nc1C([2H])([2H])[2H]. The number of aromatic nitrogens is 5. The molecule has 0 bridgehead atoms. The van der Waals surface area contributed by atoms with Crippen LogP contribution in [0.2, 0.25) is 5.02 Å². The number of nitrogens with zero attached hydrogens (tertiary/aromatic N) is 5. The van der Waals surface area contributed by atoms with E-state index in [1.165, 1.54) is 6.07 Å². The Labute approximate surface area is 208 Å². The Morgan fingerprint density at radius 2 is 1.88 bits per heavy atom. The van der Waals surface area contributed by atoms with E-state index in [9.17, 15) is 4.39 Å². The third-order valence-corrected chi connectivity index (χ3v) is 6.07. The van der Waals surface area contributed by atoms with Crippen molar-refractivity contribution in [1.29, 1.82) is 0 Å². The first-order valence-corrected chi connectivity index (χ1v) is 10.9. The number of aryl methyl sites for hydroxylation is 3. The van der Waals surface area contributed by atoms with Gasteiger partial charge in [0, 0.05) is 38.2 Å². The van der Waals surface area contributed by atoms with Crippen LogP contribution in [0, 0.1) is 32.3 Å². The maximum Gasteiger partial charge on any atom is 0.182 e. The predicted molar refractivity (Wildman–Crippen MR) is 125 cm³/mol. The highest BCUT2D eigenvalue weighted by atomic mass is 35.5. The predicted octanol–water partition coefficient (Wildman–Crippen LogP) is 5.97. The molecule has 1 fully saturated rings. The minimum Gasteiger partial charge on any atom is -0.373 e. The van der Waals surface area contributed by atoms with Crippen LogP contribution in [0.3, 0.4) is 0 Å². The van der Waals surface area contributed by atoms with Crippen LogP contribution in [0.15, 0.2) is 30.5 Å². The van der Waals surface area contributed by atoms with Crippen LogP contribution in [0.1, 0.15) is 61.6 Å². The number of hydrogen-bond acceptors (Lipinski definition) is 6. The van der Waals surface area contributed by atoms with Crippen molar-refractivity contribution in [2.75, 3.05) is 6.61 Å². The lowest BCUT2D eigenvalue weighted by molar-refractivity contribution is 0.00393. The summed E-state index contributed by atoms with van der Waals surface area (Å²) in [4.78, 5) is 21.4. The van der Waals surface area contributed by atoms with Crippen LogP contribution in [-0.4, -0.2) is 31.5 Å². The monoisotopic (exact) mass is 487 g/mol. The van der Waals surface area contributed by atoms with Gasteiger partial charge in [-0.3, -0.25) is 4.98 Å². The Bertz CT molecular complexity index is 1620. The third-order valence-electron chi connectivity index (χ3n) is 5.78. The van der Waals surface area contributed by atoms with Crippen molar-refractivity contribution in [3.8, 4) is 11.3 Å². The normalized spacial score (nSPS) is 21.8. The van der Waals surface area contributed by atoms with Gasteiger partial charge in [-0.25, -0.2) is 28.7 Å². The molecule has 0 aliphatic carbocycles. The van der Waals surface area contributed by atoms with Gasteiger partial charge in [-0.1, -0.05) is 11.6 Å². The number of rotatable bonds is 3. The Morgan fingerprint density at radius 3 is 2.68 bits per heavy atom. The van der Waals surface area contributed by atoms with Crippen molar-refractivity contribution >= 4 is 22.8 Å². The van der Waals surface area contributed by atoms with Gasteiger partial charge >= 0.3 is 0 Å². The number of ether oxygens (including phenoxy) is 1. The molecule has 3 aromatic heterocycles.